The first-order valence-corrected chi connectivity index (χ1v) is 9.34. The van der Waals surface area contributed by atoms with Crippen molar-refractivity contribution in [2.45, 2.75) is 26.2 Å². The lowest BCUT2D eigenvalue weighted by Gasteiger charge is -2.32. The van der Waals surface area contributed by atoms with Gasteiger partial charge in [0.2, 0.25) is 5.13 Å². The van der Waals surface area contributed by atoms with Crippen LogP contribution in [-0.4, -0.2) is 33.4 Å². The minimum atomic E-state index is -0.103. The zero-order valence-corrected chi connectivity index (χ0v) is 15.6. The molecule has 2 heterocycles. The van der Waals surface area contributed by atoms with Crippen molar-refractivity contribution >= 4 is 45.9 Å². The lowest BCUT2D eigenvalue weighted by molar-refractivity contribution is 0.182. The van der Waals surface area contributed by atoms with Crippen LogP contribution in [-0.2, 0) is 6.42 Å². The van der Waals surface area contributed by atoms with E-state index in [0.29, 0.717) is 26.9 Å². The summed E-state index contributed by atoms with van der Waals surface area (Å²) in [4.78, 5) is 18.2. The van der Waals surface area contributed by atoms with Gasteiger partial charge in [0.15, 0.2) is 0 Å². The molecule has 1 aliphatic rings. The fraction of sp³-hybridized carbons (Fsp3) is 0.438. The smallest absolute Gasteiger partial charge is 0.323 e. The Kier molecular flexibility index (Phi) is 5.58. The van der Waals surface area contributed by atoms with Crippen molar-refractivity contribution in [2.75, 3.05) is 18.4 Å². The van der Waals surface area contributed by atoms with Gasteiger partial charge in [-0.25, -0.2) is 9.78 Å². The Morgan fingerprint density at radius 3 is 2.75 bits per heavy atom. The maximum Gasteiger partial charge on any atom is 0.323 e. The number of piperidine rings is 1. The molecule has 2 amide bonds. The van der Waals surface area contributed by atoms with Crippen molar-refractivity contribution in [1.29, 1.82) is 0 Å². The van der Waals surface area contributed by atoms with Gasteiger partial charge in [0.1, 0.15) is 5.82 Å². The van der Waals surface area contributed by atoms with E-state index in [2.05, 4.69) is 14.7 Å². The van der Waals surface area contributed by atoms with Gasteiger partial charge in [-0.3, -0.25) is 5.32 Å². The Labute approximate surface area is 155 Å². The molecule has 0 radical (unpaired) electrons. The van der Waals surface area contributed by atoms with Crippen LogP contribution in [0.3, 0.4) is 0 Å². The van der Waals surface area contributed by atoms with Crippen LogP contribution in [0.25, 0.3) is 0 Å². The highest BCUT2D eigenvalue weighted by atomic mass is 35.5. The number of rotatable bonds is 3. The molecule has 1 aromatic carbocycles. The van der Waals surface area contributed by atoms with E-state index < -0.39 is 0 Å². The van der Waals surface area contributed by atoms with E-state index in [9.17, 15) is 4.79 Å². The highest BCUT2D eigenvalue weighted by Crippen LogP contribution is 2.27. The molecule has 0 saturated carbocycles. The summed E-state index contributed by atoms with van der Waals surface area (Å²) in [6.45, 7) is 3.28. The predicted molar refractivity (Wildman–Crippen MR) is 98.1 cm³/mol. The van der Waals surface area contributed by atoms with Crippen molar-refractivity contribution in [3.63, 3.8) is 0 Å². The number of urea groups is 1. The lowest BCUT2D eigenvalue weighted by Crippen LogP contribution is -2.41. The molecule has 0 unspecified atom stereocenters. The monoisotopic (exact) mass is 384 g/mol. The number of anilines is 1. The molecule has 24 heavy (non-hydrogen) atoms. The number of nitrogens with zero attached hydrogens (tertiary/aromatic N) is 3. The summed E-state index contributed by atoms with van der Waals surface area (Å²) >= 11 is 13.4. The Morgan fingerprint density at radius 1 is 1.38 bits per heavy atom. The maximum atomic E-state index is 12.3. The van der Waals surface area contributed by atoms with Gasteiger partial charge < -0.3 is 4.90 Å². The first-order chi connectivity index (χ1) is 11.5. The first-order valence-electron chi connectivity index (χ1n) is 7.81. The number of carbonyl (C=O) groups is 1. The van der Waals surface area contributed by atoms with Crippen LogP contribution in [0.1, 0.15) is 24.2 Å². The summed E-state index contributed by atoms with van der Waals surface area (Å²) in [5.41, 5.74) is 1.12. The lowest BCUT2D eigenvalue weighted by atomic mass is 9.90. The third-order valence-electron chi connectivity index (χ3n) is 4.17. The minimum absolute atomic E-state index is 0.103. The Bertz CT molecular complexity index is 729. The molecular weight excluding hydrogens is 367 g/mol. The summed E-state index contributed by atoms with van der Waals surface area (Å²) < 4.78 is 4.06. The molecule has 1 aromatic heterocycles. The first kappa shape index (κ1) is 17.5. The van der Waals surface area contributed by atoms with Crippen molar-refractivity contribution in [2.24, 2.45) is 5.92 Å². The van der Waals surface area contributed by atoms with Gasteiger partial charge >= 0.3 is 6.03 Å². The third-order valence-corrected chi connectivity index (χ3v) is 5.48. The molecule has 128 valence electrons. The summed E-state index contributed by atoms with van der Waals surface area (Å²) in [6.07, 6.45) is 2.84. The van der Waals surface area contributed by atoms with Crippen LogP contribution in [0.15, 0.2) is 18.2 Å². The van der Waals surface area contributed by atoms with E-state index in [0.717, 1.165) is 37.9 Å². The van der Waals surface area contributed by atoms with Crippen LogP contribution >= 0.6 is 34.7 Å². The van der Waals surface area contributed by atoms with E-state index >= 15 is 0 Å². The molecule has 1 N–H and O–H groups in total. The Balaban J connectivity index is 1.51. The second-order valence-electron chi connectivity index (χ2n) is 5.95. The molecule has 2 aromatic rings. The summed E-state index contributed by atoms with van der Waals surface area (Å²) in [7, 11) is 0. The van der Waals surface area contributed by atoms with E-state index in [1.807, 2.05) is 17.0 Å². The Hall–Kier alpha value is -1.37. The zero-order valence-electron chi connectivity index (χ0n) is 13.3. The van der Waals surface area contributed by atoms with Crippen molar-refractivity contribution in [3.8, 4) is 0 Å². The molecule has 8 heteroatoms. The zero-order chi connectivity index (χ0) is 17.1. The third kappa shape index (κ3) is 4.37. The molecule has 0 spiro atoms. The number of hydrogen-bond donors (Lipinski definition) is 1. The fourth-order valence-electron chi connectivity index (χ4n) is 2.86. The molecule has 3 rings (SSSR count). The molecule has 5 nitrogen and oxygen atoms in total. The molecule has 0 bridgehead atoms. The fourth-order valence-corrected chi connectivity index (χ4v) is 3.91. The normalized spacial score (nSPS) is 15.5. The number of halogens is 2. The number of carbonyl (C=O) groups excluding carboxylic acids is 1. The van der Waals surface area contributed by atoms with Gasteiger partial charge in [-0.2, -0.15) is 4.37 Å². The highest BCUT2D eigenvalue weighted by molar-refractivity contribution is 7.09. The predicted octanol–water partition coefficient (Wildman–Crippen LogP) is 4.64. The van der Waals surface area contributed by atoms with Crippen LogP contribution in [0, 0.1) is 12.8 Å². The number of nitrogens with one attached hydrogen (secondary N) is 1. The van der Waals surface area contributed by atoms with Crippen LogP contribution in [0.4, 0.5) is 9.93 Å². The molecule has 1 aliphatic heterocycles. The SMILES string of the molecule is Cc1nsc(NC(=O)N2CCC(Cc3ccc(Cl)cc3Cl)CC2)n1. The van der Waals surface area contributed by atoms with Crippen molar-refractivity contribution in [3.05, 3.63) is 39.6 Å². The molecular formula is C16H18Cl2N4OS. The summed E-state index contributed by atoms with van der Waals surface area (Å²) in [5, 5.41) is 4.73. The van der Waals surface area contributed by atoms with Crippen LogP contribution in [0.2, 0.25) is 10.0 Å². The Morgan fingerprint density at radius 2 is 2.12 bits per heavy atom. The number of aromatic nitrogens is 2. The minimum Gasteiger partial charge on any atom is -0.324 e. The number of likely N-dealkylation sites (tertiary alicyclic amines) is 1. The van der Waals surface area contributed by atoms with Gasteiger partial charge in [-0.1, -0.05) is 29.3 Å². The average molecular weight is 385 g/mol. The second-order valence-corrected chi connectivity index (χ2v) is 7.54. The molecule has 0 aliphatic carbocycles. The summed E-state index contributed by atoms with van der Waals surface area (Å²) in [5.74, 6) is 1.20. The largest absolute Gasteiger partial charge is 0.324 e. The topological polar surface area (TPSA) is 58.1 Å². The van der Waals surface area contributed by atoms with Crippen LogP contribution < -0.4 is 5.32 Å². The number of hydrogen-bond acceptors (Lipinski definition) is 4. The number of benzene rings is 1. The van der Waals surface area contributed by atoms with Gasteiger partial charge in [0.25, 0.3) is 0 Å². The van der Waals surface area contributed by atoms with E-state index in [-0.39, 0.29) is 6.03 Å². The molecule has 1 fully saturated rings. The van der Waals surface area contributed by atoms with Crippen molar-refractivity contribution in [1.82, 2.24) is 14.3 Å². The van der Waals surface area contributed by atoms with Gasteiger partial charge in [0.05, 0.1) is 0 Å². The summed E-state index contributed by atoms with van der Waals surface area (Å²) in [6, 6.07) is 5.54. The van der Waals surface area contributed by atoms with E-state index in [4.69, 9.17) is 23.2 Å². The van der Waals surface area contributed by atoms with Crippen molar-refractivity contribution < 1.29 is 4.79 Å². The quantitative estimate of drug-likeness (QED) is 0.838. The van der Waals surface area contributed by atoms with E-state index in [1.165, 1.54) is 11.5 Å². The van der Waals surface area contributed by atoms with Gasteiger partial charge in [0, 0.05) is 34.7 Å². The molecule has 0 atom stereocenters. The van der Waals surface area contributed by atoms with Gasteiger partial charge in [-0.15, -0.1) is 0 Å². The van der Waals surface area contributed by atoms with E-state index in [1.54, 1.807) is 13.0 Å². The average Bonchev–Trinajstić information content (AvgIpc) is 2.96. The molecule has 1 saturated heterocycles. The number of aryl methyl sites for hydroxylation is 1. The number of amides is 2. The van der Waals surface area contributed by atoms with Gasteiger partial charge in [-0.05, 0) is 49.8 Å². The van der Waals surface area contributed by atoms with Crippen LogP contribution in [0.5, 0.6) is 0 Å². The standard InChI is InChI=1S/C16H18Cl2N4OS/c1-10-19-15(24-21-10)20-16(23)22-6-4-11(5-7-22)8-12-2-3-13(17)9-14(12)18/h2-3,9,11H,4-8H2,1H3,(H,19,20,21,23). The second kappa shape index (κ2) is 7.68. The highest BCUT2D eigenvalue weighted by Gasteiger charge is 2.24. The maximum absolute atomic E-state index is 12.3.